The van der Waals surface area contributed by atoms with Gasteiger partial charge < -0.3 is 29.7 Å². The van der Waals surface area contributed by atoms with Gasteiger partial charge >= 0.3 is 0 Å². The van der Waals surface area contributed by atoms with Crippen LogP contribution < -0.4 is 25.5 Å². The highest BCUT2D eigenvalue weighted by atomic mass is 16.5. The zero-order chi connectivity index (χ0) is 26.9. The largest absolute Gasteiger partial charge is 0.497 e. The van der Waals surface area contributed by atoms with Gasteiger partial charge in [0.05, 0.1) is 30.3 Å². The highest BCUT2D eigenvalue weighted by Gasteiger charge is 2.22. The van der Waals surface area contributed by atoms with Crippen molar-refractivity contribution in [3.05, 3.63) is 76.6 Å². The molecule has 3 aromatic carbocycles. The minimum absolute atomic E-state index is 0.249. The topological polar surface area (TPSA) is 114 Å². The van der Waals surface area contributed by atoms with Crippen molar-refractivity contribution in [3.8, 4) is 28.7 Å². The lowest BCUT2D eigenvalue weighted by Crippen LogP contribution is -2.21. The molecule has 0 amide bonds. The number of methoxy groups -OCH3 is 1. The highest BCUT2D eigenvalue weighted by Crippen LogP contribution is 2.37. The average molecular weight is 527 g/mol. The Kier molecular flexibility index (Phi) is 6.58. The molecule has 1 aliphatic rings. The number of H-pyrrole nitrogens is 1. The fourth-order valence-electron chi connectivity index (χ4n) is 5.04. The van der Waals surface area contributed by atoms with E-state index in [9.17, 15) is 4.79 Å². The predicted octanol–water partition coefficient (Wildman–Crippen LogP) is 5.36. The van der Waals surface area contributed by atoms with Crippen molar-refractivity contribution in [1.29, 1.82) is 0 Å². The van der Waals surface area contributed by atoms with Crippen LogP contribution in [-0.2, 0) is 4.74 Å². The van der Waals surface area contributed by atoms with Gasteiger partial charge in [-0.25, -0.2) is 4.68 Å². The van der Waals surface area contributed by atoms with Crippen molar-refractivity contribution in [2.24, 2.45) is 5.92 Å². The number of nitrogens with zero attached hydrogens (tertiary/aromatic N) is 2. The zero-order valence-corrected chi connectivity index (χ0v) is 21.9. The van der Waals surface area contributed by atoms with Crippen molar-refractivity contribution in [1.82, 2.24) is 14.8 Å². The van der Waals surface area contributed by atoms with Gasteiger partial charge in [-0.1, -0.05) is 18.2 Å². The van der Waals surface area contributed by atoms with E-state index in [1.54, 1.807) is 17.9 Å². The van der Waals surface area contributed by atoms with Crippen molar-refractivity contribution in [2.45, 2.75) is 19.8 Å². The molecular formula is C30H30N4O5. The van der Waals surface area contributed by atoms with Crippen molar-refractivity contribution in [3.63, 3.8) is 0 Å². The van der Waals surface area contributed by atoms with E-state index >= 15 is 0 Å². The van der Waals surface area contributed by atoms with Crippen LogP contribution in [0.25, 0.3) is 27.5 Å². The Morgan fingerprint density at radius 3 is 2.56 bits per heavy atom. The van der Waals surface area contributed by atoms with E-state index in [4.69, 9.17) is 29.8 Å². The van der Waals surface area contributed by atoms with Crippen molar-refractivity contribution >= 4 is 27.6 Å². The normalized spacial score (nSPS) is 14.1. The maximum atomic E-state index is 13.2. The number of ether oxygens (including phenoxy) is 4. The molecule has 2 aromatic heterocycles. The maximum absolute atomic E-state index is 13.2. The lowest BCUT2D eigenvalue weighted by Gasteiger charge is -2.22. The third-order valence-corrected chi connectivity index (χ3v) is 7.14. The number of hydrogen-bond acceptors (Lipinski definition) is 7. The van der Waals surface area contributed by atoms with E-state index < -0.39 is 0 Å². The molecule has 6 rings (SSSR count). The van der Waals surface area contributed by atoms with Crippen LogP contribution in [0, 0.1) is 12.8 Å². The monoisotopic (exact) mass is 526 g/mol. The molecule has 5 aromatic rings. The summed E-state index contributed by atoms with van der Waals surface area (Å²) in [6.45, 7) is 3.96. The number of anilines is 1. The first-order chi connectivity index (χ1) is 19.0. The van der Waals surface area contributed by atoms with Gasteiger partial charge in [0.1, 0.15) is 39.7 Å². The molecule has 3 heterocycles. The summed E-state index contributed by atoms with van der Waals surface area (Å²) in [5.41, 5.74) is 8.91. The van der Waals surface area contributed by atoms with Crippen LogP contribution in [0.15, 0.2) is 65.5 Å². The summed E-state index contributed by atoms with van der Waals surface area (Å²) in [5.74, 6) is 3.24. The van der Waals surface area contributed by atoms with Gasteiger partial charge in [0.2, 0.25) is 0 Å². The Morgan fingerprint density at radius 2 is 1.82 bits per heavy atom. The Hall–Kier alpha value is -4.50. The number of hydrogen-bond donors (Lipinski definition) is 2. The smallest absolute Gasteiger partial charge is 0.261 e. The zero-order valence-electron chi connectivity index (χ0n) is 21.9. The molecule has 0 bridgehead atoms. The first kappa shape index (κ1) is 24.8. The third-order valence-electron chi connectivity index (χ3n) is 7.14. The van der Waals surface area contributed by atoms with Gasteiger partial charge in [-0.05, 0) is 61.6 Å². The third kappa shape index (κ3) is 4.77. The van der Waals surface area contributed by atoms with E-state index in [2.05, 4.69) is 4.98 Å². The standard InChI is InChI=1S/C30H30N4O5/c1-18-14-21(39-20-6-4-3-5-7-20)8-9-24(18)34-29(31)27-28(33-34)26-23(32-30(27)35)15-22(36-2)16-25(26)38-17-19-10-12-37-13-11-19/h3-9,14-16,19H,10-13,17,31H2,1-2H3,(H,32,35). The molecule has 0 unspecified atom stereocenters. The van der Waals surface area contributed by atoms with Gasteiger partial charge in [0.15, 0.2) is 0 Å². The van der Waals surface area contributed by atoms with E-state index in [1.165, 1.54) is 0 Å². The molecule has 0 spiro atoms. The minimum atomic E-state index is -0.327. The Labute approximate surface area is 225 Å². The Balaban J connectivity index is 1.44. The first-order valence-electron chi connectivity index (χ1n) is 13.0. The Bertz CT molecular complexity index is 1700. The number of rotatable bonds is 7. The van der Waals surface area contributed by atoms with Crippen LogP contribution in [0.2, 0.25) is 0 Å². The number of aromatic nitrogens is 3. The van der Waals surface area contributed by atoms with E-state index in [-0.39, 0.29) is 11.4 Å². The second kappa shape index (κ2) is 10.3. The number of para-hydroxylation sites is 1. The molecule has 1 saturated heterocycles. The maximum Gasteiger partial charge on any atom is 0.261 e. The average Bonchev–Trinajstić information content (AvgIpc) is 3.30. The van der Waals surface area contributed by atoms with Crippen LogP contribution in [0.4, 0.5) is 5.82 Å². The van der Waals surface area contributed by atoms with Crippen LogP contribution in [-0.4, -0.2) is 41.7 Å². The number of nitrogen functional groups attached to an aromatic ring is 1. The summed E-state index contributed by atoms with van der Waals surface area (Å²) in [6, 6.07) is 18.8. The SMILES string of the molecule is COc1cc(OCC2CCOCC2)c2c(c1)[nH]c(=O)c1c(N)n(-c3ccc(Oc4ccccc4)cc3C)nc12. The van der Waals surface area contributed by atoms with Gasteiger partial charge in [-0.3, -0.25) is 4.79 Å². The van der Waals surface area contributed by atoms with Crippen LogP contribution >= 0.6 is 0 Å². The number of nitrogens with two attached hydrogens (primary N) is 1. The summed E-state index contributed by atoms with van der Waals surface area (Å²) in [5, 5.41) is 5.84. The first-order valence-corrected chi connectivity index (χ1v) is 13.0. The summed E-state index contributed by atoms with van der Waals surface area (Å²) in [6.07, 6.45) is 1.89. The summed E-state index contributed by atoms with van der Waals surface area (Å²) in [7, 11) is 1.58. The molecule has 200 valence electrons. The summed E-state index contributed by atoms with van der Waals surface area (Å²) in [4.78, 5) is 16.2. The van der Waals surface area contributed by atoms with Gasteiger partial charge in [0.25, 0.3) is 5.56 Å². The van der Waals surface area contributed by atoms with E-state index in [1.807, 2.05) is 61.5 Å². The summed E-state index contributed by atoms with van der Waals surface area (Å²) >= 11 is 0. The molecule has 1 fully saturated rings. The van der Waals surface area contributed by atoms with Gasteiger partial charge in [-0.15, -0.1) is 0 Å². The molecule has 0 atom stereocenters. The molecule has 1 aliphatic heterocycles. The number of pyridine rings is 1. The Morgan fingerprint density at radius 1 is 1.03 bits per heavy atom. The number of fused-ring (bicyclic) bond motifs is 3. The van der Waals surface area contributed by atoms with Gasteiger partial charge in [0, 0.05) is 25.3 Å². The van der Waals surface area contributed by atoms with Crippen LogP contribution in [0.3, 0.4) is 0 Å². The molecule has 3 N–H and O–H groups in total. The fraction of sp³-hybridized carbons (Fsp3) is 0.267. The molecule has 9 heteroatoms. The van der Waals surface area contributed by atoms with Crippen LogP contribution in [0.5, 0.6) is 23.0 Å². The quantitative estimate of drug-likeness (QED) is 0.293. The lowest BCUT2D eigenvalue weighted by molar-refractivity contribution is 0.0499. The second-order valence-electron chi connectivity index (χ2n) is 9.75. The highest BCUT2D eigenvalue weighted by molar-refractivity contribution is 6.10. The number of aromatic amines is 1. The number of nitrogens with one attached hydrogen (secondary N) is 1. The predicted molar refractivity (Wildman–Crippen MR) is 150 cm³/mol. The molecule has 0 aliphatic carbocycles. The fourth-order valence-corrected chi connectivity index (χ4v) is 5.04. The van der Waals surface area contributed by atoms with Crippen molar-refractivity contribution in [2.75, 3.05) is 32.7 Å². The molecular weight excluding hydrogens is 496 g/mol. The van der Waals surface area contributed by atoms with Crippen LogP contribution in [0.1, 0.15) is 18.4 Å². The van der Waals surface area contributed by atoms with E-state index in [0.29, 0.717) is 51.6 Å². The lowest BCUT2D eigenvalue weighted by atomic mass is 10.0. The summed E-state index contributed by atoms with van der Waals surface area (Å²) < 4.78 is 24.9. The minimum Gasteiger partial charge on any atom is -0.497 e. The van der Waals surface area contributed by atoms with Crippen molar-refractivity contribution < 1.29 is 18.9 Å². The molecule has 0 radical (unpaired) electrons. The second-order valence-corrected chi connectivity index (χ2v) is 9.75. The molecule has 39 heavy (non-hydrogen) atoms. The van der Waals surface area contributed by atoms with Gasteiger partial charge in [-0.2, -0.15) is 5.10 Å². The number of benzene rings is 3. The molecule has 9 nitrogen and oxygen atoms in total. The van der Waals surface area contributed by atoms with E-state index in [0.717, 1.165) is 43.1 Å². The number of aryl methyl sites for hydroxylation is 1. The molecule has 0 saturated carbocycles.